The molecular formula is C22H21F7N3O6S2-. The summed E-state index contributed by atoms with van der Waals surface area (Å²) in [6.07, 6.45) is -9.11. The summed E-state index contributed by atoms with van der Waals surface area (Å²) in [4.78, 5) is 16.7. The third kappa shape index (κ3) is 8.11. The average molecular weight is 621 g/mol. The Morgan fingerprint density at radius 1 is 1.18 bits per heavy atom. The fourth-order valence-corrected chi connectivity index (χ4v) is 5.50. The van der Waals surface area contributed by atoms with E-state index in [0.29, 0.717) is 18.3 Å². The lowest BCUT2D eigenvalue weighted by atomic mass is 9.90. The zero-order valence-corrected chi connectivity index (χ0v) is 21.8. The number of rotatable bonds is 8. The van der Waals surface area contributed by atoms with Crippen molar-refractivity contribution in [1.82, 2.24) is 9.88 Å². The van der Waals surface area contributed by atoms with Crippen molar-refractivity contribution < 1.29 is 57.4 Å². The lowest BCUT2D eigenvalue weighted by molar-refractivity contribution is -0.159. The van der Waals surface area contributed by atoms with Crippen molar-refractivity contribution in [3.05, 3.63) is 53.0 Å². The van der Waals surface area contributed by atoms with Crippen LogP contribution in [0.2, 0.25) is 0 Å². The van der Waals surface area contributed by atoms with Crippen LogP contribution in [0.5, 0.6) is 5.88 Å². The summed E-state index contributed by atoms with van der Waals surface area (Å²) in [5.41, 5.74) is -2.48. The Morgan fingerprint density at radius 3 is 2.30 bits per heavy atom. The number of amides is 1. The van der Waals surface area contributed by atoms with E-state index in [1.54, 1.807) is 0 Å². The minimum absolute atomic E-state index is 0.0117. The van der Waals surface area contributed by atoms with E-state index in [0.717, 1.165) is 12.1 Å². The van der Waals surface area contributed by atoms with Crippen LogP contribution in [-0.2, 0) is 27.3 Å². The van der Waals surface area contributed by atoms with E-state index in [9.17, 15) is 52.7 Å². The van der Waals surface area contributed by atoms with Gasteiger partial charge in [0, 0.05) is 30.1 Å². The average Bonchev–Trinajstić information content (AvgIpc) is 2.84. The number of carbonyl (C=O) groups excluding carboxylic acids is 1. The number of halogens is 7. The number of sulfonamides is 1. The van der Waals surface area contributed by atoms with Gasteiger partial charge in [-0.15, -0.1) is 0 Å². The first-order valence-electron chi connectivity index (χ1n) is 11.3. The first-order valence-corrected chi connectivity index (χ1v) is 14.0. The lowest BCUT2D eigenvalue weighted by Gasteiger charge is -2.34. The molecule has 1 aliphatic rings. The number of alkyl halides is 6. The molecule has 0 saturated carbocycles. The molecule has 1 saturated heterocycles. The van der Waals surface area contributed by atoms with Crippen LogP contribution in [0, 0.1) is 11.7 Å². The molecule has 1 amide bonds. The zero-order chi connectivity index (χ0) is 30.0. The summed E-state index contributed by atoms with van der Waals surface area (Å²) in [6.45, 7) is -2.04. The van der Waals surface area contributed by atoms with Gasteiger partial charge in [-0.2, -0.15) is 26.3 Å². The fourth-order valence-electron chi connectivity index (χ4n) is 4.15. The van der Waals surface area contributed by atoms with Gasteiger partial charge in [-0.3, -0.25) is 9.00 Å². The number of hydrogen-bond donors (Lipinski definition) is 1. The first kappa shape index (κ1) is 31.7. The van der Waals surface area contributed by atoms with Gasteiger partial charge >= 0.3 is 12.4 Å². The van der Waals surface area contributed by atoms with E-state index >= 15 is 0 Å². The number of aromatic nitrogens is 1. The summed E-state index contributed by atoms with van der Waals surface area (Å²) in [5, 5.41) is 3.59. The van der Waals surface area contributed by atoms with Crippen LogP contribution in [0.3, 0.4) is 0 Å². The van der Waals surface area contributed by atoms with Crippen molar-refractivity contribution in [3.8, 4) is 5.88 Å². The number of ether oxygens (including phenoxy) is 1. The summed E-state index contributed by atoms with van der Waals surface area (Å²) in [7, 11) is -4.23. The van der Waals surface area contributed by atoms with Gasteiger partial charge in [0.2, 0.25) is 15.9 Å². The van der Waals surface area contributed by atoms with Crippen LogP contribution in [0.1, 0.15) is 46.0 Å². The van der Waals surface area contributed by atoms with Gasteiger partial charge in [0.15, 0.2) is 6.61 Å². The quantitative estimate of drug-likeness (QED) is 0.350. The molecule has 3 rings (SSSR count). The number of pyridine rings is 1. The third-order valence-corrected chi connectivity index (χ3v) is 7.93. The van der Waals surface area contributed by atoms with Crippen LogP contribution in [0.15, 0.2) is 35.4 Å². The second kappa shape index (κ2) is 12.0. The van der Waals surface area contributed by atoms with E-state index < -0.39 is 78.9 Å². The molecule has 40 heavy (non-hydrogen) atoms. The maximum atomic E-state index is 14.6. The molecule has 2 N–H and O–H groups in total. The van der Waals surface area contributed by atoms with Crippen molar-refractivity contribution in [2.75, 3.05) is 19.7 Å². The van der Waals surface area contributed by atoms with Crippen LogP contribution in [0.4, 0.5) is 30.7 Å². The molecule has 2 atom stereocenters. The smallest absolute Gasteiger partial charge is 0.422 e. The highest BCUT2D eigenvalue weighted by atomic mass is 32.2. The van der Waals surface area contributed by atoms with E-state index in [2.05, 4.69) is 9.72 Å². The molecule has 0 spiro atoms. The highest BCUT2D eigenvalue weighted by Gasteiger charge is 2.38. The Balaban J connectivity index is 1.70. The van der Waals surface area contributed by atoms with Crippen molar-refractivity contribution in [2.24, 2.45) is 11.1 Å². The van der Waals surface area contributed by atoms with Crippen molar-refractivity contribution in [2.45, 2.75) is 41.8 Å². The number of likely N-dealkylation sites (tertiary alicyclic amines) is 1. The van der Waals surface area contributed by atoms with Crippen LogP contribution in [-0.4, -0.2) is 58.8 Å². The monoisotopic (exact) mass is 620 g/mol. The van der Waals surface area contributed by atoms with Gasteiger partial charge < -0.3 is 14.2 Å². The fraction of sp³-hybridized carbons (Fsp3) is 0.455. The molecule has 1 aliphatic heterocycles. The van der Waals surface area contributed by atoms with Crippen molar-refractivity contribution >= 4 is 27.0 Å². The third-order valence-electron chi connectivity index (χ3n) is 6.10. The largest absolute Gasteiger partial charge is 0.772 e. The van der Waals surface area contributed by atoms with Gasteiger partial charge in [-0.05, 0) is 54.5 Å². The number of nitrogens with two attached hydrogens (primary N) is 1. The van der Waals surface area contributed by atoms with Crippen LogP contribution < -0.4 is 9.88 Å². The number of primary sulfonamides is 1. The molecular weight excluding hydrogens is 599 g/mol. The first-order chi connectivity index (χ1) is 18.4. The molecule has 222 valence electrons. The normalized spacial score (nSPS) is 17.0. The number of carbonyl (C=O) groups is 1. The summed E-state index contributed by atoms with van der Waals surface area (Å²) in [6, 6.07) is 2.92. The van der Waals surface area contributed by atoms with Crippen LogP contribution >= 0.6 is 0 Å². The Morgan fingerprint density at radius 2 is 1.80 bits per heavy atom. The Hall–Kier alpha value is -2.83. The number of piperidine rings is 1. The summed E-state index contributed by atoms with van der Waals surface area (Å²) >= 11 is -2.81. The molecule has 2 unspecified atom stereocenters. The predicted octanol–water partition coefficient (Wildman–Crippen LogP) is 3.69. The second-order valence-electron chi connectivity index (χ2n) is 8.93. The van der Waals surface area contributed by atoms with E-state index in [1.165, 1.54) is 4.90 Å². The molecule has 18 heteroatoms. The minimum Gasteiger partial charge on any atom is -0.772 e. The molecule has 1 aromatic carbocycles. The molecule has 0 aliphatic carbocycles. The van der Waals surface area contributed by atoms with Crippen molar-refractivity contribution in [1.29, 1.82) is 0 Å². The highest BCUT2D eigenvalue weighted by molar-refractivity contribution is 7.89. The standard InChI is InChI=1S/C22H22F7N3O6S2/c23-17-9-14(40(30,36)37)1-2-15(17)18(39(34)35)7-12-3-5-32(6-4-12)20(33)13-8-16(22(27,28)29)19(31-10-13)38-11-21(24,25)26/h1-2,8-10,12,18H,3-7,11H2,(H,34,35)(H2,30,36,37)/p-1. The molecule has 2 heterocycles. The topological polar surface area (TPSA) is 143 Å². The van der Waals surface area contributed by atoms with E-state index in [-0.39, 0.29) is 43.8 Å². The second-order valence-corrected chi connectivity index (χ2v) is 11.6. The molecule has 0 radical (unpaired) electrons. The maximum Gasteiger partial charge on any atom is 0.422 e. The molecule has 9 nitrogen and oxygen atoms in total. The number of benzene rings is 1. The highest BCUT2D eigenvalue weighted by Crippen LogP contribution is 2.37. The Labute approximate surface area is 225 Å². The summed E-state index contributed by atoms with van der Waals surface area (Å²) < 4.78 is 143. The Bertz CT molecular complexity index is 1380. The van der Waals surface area contributed by atoms with Gasteiger partial charge in [-0.1, -0.05) is 6.07 Å². The van der Waals surface area contributed by atoms with E-state index in [1.807, 2.05) is 0 Å². The van der Waals surface area contributed by atoms with Crippen LogP contribution in [0.25, 0.3) is 0 Å². The molecule has 2 aromatic rings. The van der Waals surface area contributed by atoms with E-state index in [4.69, 9.17) is 5.14 Å². The molecule has 1 fully saturated rings. The lowest BCUT2D eigenvalue weighted by Crippen LogP contribution is -2.39. The minimum atomic E-state index is -5.16. The predicted molar refractivity (Wildman–Crippen MR) is 123 cm³/mol. The summed E-state index contributed by atoms with van der Waals surface area (Å²) in [5.74, 6) is -3.66. The maximum absolute atomic E-state index is 14.6. The zero-order valence-electron chi connectivity index (χ0n) is 20.2. The SMILES string of the molecule is NS(=O)(=O)c1ccc(C(CC2CCN(C(=O)c3cnc(OCC(F)(F)F)c(C(F)(F)F)c3)CC2)S(=O)[O-])c(F)c1. The number of nitrogens with zero attached hydrogens (tertiary/aromatic N) is 2. The van der Waals surface area contributed by atoms with Gasteiger partial charge in [-0.25, -0.2) is 22.9 Å². The Kier molecular flexibility index (Phi) is 9.47. The molecule has 0 bridgehead atoms. The van der Waals surface area contributed by atoms with Crippen molar-refractivity contribution in [3.63, 3.8) is 0 Å². The number of hydrogen-bond acceptors (Lipinski definition) is 7. The molecule has 1 aromatic heterocycles. The van der Waals surface area contributed by atoms with Gasteiger partial charge in [0.25, 0.3) is 5.91 Å². The van der Waals surface area contributed by atoms with Gasteiger partial charge in [0.05, 0.1) is 10.5 Å². The van der Waals surface area contributed by atoms with Gasteiger partial charge in [0.1, 0.15) is 11.4 Å².